The first kappa shape index (κ1) is 7.01. The van der Waals surface area contributed by atoms with E-state index in [-0.39, 0.29) is 0 Å². The molecule has 0 unspecified atom stereocenters. The van der Waals surface area contributed by atoms with Gasteiger partial charge in [-0.2, -0.15) is 4.98 Å². The fourth-order valence-corrected chi connectivity index (χ4v) is 0.563. The molecule has 0 radical (unpaired) electrons. The summed E-state index contributed by atoms with van der Waals surface area (Å²) < 4.78 is 4.98. The van der Waals surface area contributed by atoms with Crippen molar-refractivity contribution in [2.24, 2.45) is 5.73 Å². The van der Waals surface area contributed by atoms with Crippen molar-refractivity contribution in [3.05, 3.63) is 5.82 Å². The fraction of sp³-hybridized carbons (Fsp3) is 0.600. The largest absolute Gasteiger partial charge is 0.463 e. The van der Waals surface area contributed by atoms with Crippen LogP contribution in [-0.2, 0) is 6.54 Å². The van der Waals surface area contributed by atoms with Gasteiger partial charge in [0.1, 0.15) is 5.82 Å². The number of ether oxygens (including phenoxy) is 1. The van der Waals surface area contributed by atoms with Gasteiger partial charge in [0, 0.05) is 0 Å². The molecule has 0 aromatic carbocycles. The van der Waals surface area contributed by atoms with Crippen LogP contribution in [0.25, 0.3) is 0 Å². The highest BCUT2D eigenvalue weighted by Gasteiger charge is 1.99. The van der Waals surface area contributed by atoms with Crippen molar-refractivity contribution in [3.8, 4) is 6.01 Å². The third-order valence-corrected chi connectivity index (χ3v) is 0.978. The molecule has 0 amide bonds. The minimum absolute atomic E-state index is 0.361. The van der Waals surface area contributed by atoms with Gasteiger partial charge in [-0.3, -0.25) is 5.10 Å². The van der Waals surface area contributed by atoms with Gasteiger partial charge in [0.15, 0.2) is 0 Å². The second-order valence-corrected chi connectivity index (χ2v) is 1.70. The summed E-state index contributed by atoms with van der Waals surface area (Å²) in [7, 11) is 0. The zero-order valence-electron chi connectivity index (χ0n) is 5.79. The average molecular weight is 142 g/mol. The maximum absolute atomic E-state index is 5.27. The maximum Gasteiger partial charge on any atom is 0.335 e. The molecule has 5 heteroatoms. The smallest absolute Gasteiger partial charge is 0.335 e. The van der Waals surface area contributed by atoms with E-state index in [2.05, 4.69) is 15.2 Å². The maximum atomic E-state index is 5.27. The second-order valence-electron chi connectivity index (χ2n) is 1.70. The summed E-state index contributed by atoms with van der Waals surface area (Å²) in [6, 6.07) is 0.364. The van der Waals surface area contributed by atoms with E-state index in [0.717, 1.165) is 0 Å². The fourth-order valence-electron chi connectivity index (χ4n) is 0.563. The lowest BCUT2D eigenvalue weighted by Crippen LogP contribution is -1.98. The Kier molecular flexibility index (Phi) is 2.22. The minimum atomic E-state index is 0.361. The van der Waals surface area contributed by atoms with Gasteiger partial charge in [-0.1, -0.05) is 0 Å². The molecule has 10 heavy (non-hydrogen) atoms. The lowest BCUT2D eigenvalue weighted by molar-refractivity contribution is 0.313. The molecule has 0 saturated heterocycles. The first-order valence-corrected chi connectivity index (χ1v) is 3.11. The summed E-state index contributed by atoms with van der Waals surface area (Å²) >= 11 is 0. The Bertz CT molecular complexity index is 197. The molecular formula is C5H10N4O. The average Bonchev–Trinajstić information content (AvgIpc) is 2.37. The van der Waals surface area contributed by atoms with Gasteiger partial charge in [0.2, 0.25) is 0 Å². The third-order valence-electron chi connectivity index (χ3n) is 0.978. The number of nitrogens with two attached hydrogens (primary N) is 1. The van der Waals surface area contributed by atoms with Crippen molar-refractivity contribution < 1.29 is 4.74 Å². The van der Waals surface area contributed by atoms with Crippen LogP contribution >= 0.6 is 0 Å². The standard InChI is InChI=1S/C5H10N4O/c1-2-10-5-7-4(3-6)8-9-5/h2-3,6H2,1H3,(H,7,8,9). The predicted molar refractivity (Wildman–Crippen MR) is 35.4 cm³/mol. The molecule has 1 rings (SSSR count). The van der Waals surface area contributed by atoms with Crippen LogP contribution in [0, 0.1) is 0 Å². The first-order chi connectivity index (χ1) is 4.86. The lowest BCUT2D eigenvalue weighted by Gasteiger charge is -1.90. The van der Waals surface area contributed by atoms with E-state index in [1.165, 1.54) is 0 Å². The molecule has 1 aromatic rings. The number of hydrogen-bond donors (Lipinski definition) is 2. The Hall–Kier alpha value is -1.10. The van der Waals surface area contributed by atoms with E-state index in [1.807, 2.05) is 6.92 Å². The van der Waals surface area contributed by atoms with Gasteiger partial charge in [0.25, 0.3) is 0 Å². The Morgan fingerprint density at radius 1 is 1.70 bits per heavy atom. The van der Waals surface area contributed by atoms with Crippen molar-refractivity contribution in [2.45, 2.75) is 13.5 Å². The van der Waals surface area contributed by atoms with Crippen LogP contribution < -0.4 is 10.5 Å². The summed E-state index contributed by atoms with van der Waals surface area (Å²) in [5, 5.41) is 6.37. The number of aromatic nitrogens is 3. The molecule has 0 saturated carbocycles. The minimum Gasteiger partial charge on any atom is -0.463 e. The number of aromatic amines is 1. The van der Waals surface area contributed by atoms with Crippen LogP contribution in [0.5, 0.6) is 6.01 Å². The highest BCUT2D eigenvalue weighted by atomic mass is 16.5. The van der Waals surface area contributed by atoms with E-state index in [0.29, 0.717) is 25.0 Å². The number of H-pyrrole nitrogens is 1. The Labute approximate surface area is 58.6 Å². The number of rotatable bonds is 3. The van der Waals surface area contributed by atoms with Crippen LogP contribution in [0.1, 0.15) is 12.7 Å². The Morgan fingerprint density at radius 3 is 3.00 bits per heavy atom. The number of nitrogens with zero attached hydrogens (tertiary/aromatic N) is 2. The summed E-state index contributed by atoms with van der Waals surface area (Å²) in [5.74, 6) is 0.642. The van der Waals surface area contributed by atoms with Crippen molar-refractivity contribution in [1.29, 1.82) is 0 Å². The highest BCUT2D eigenvalue weighted by molar-refractivity contribution is 4.93. The molecular weight excluding hydrogens is 132 g/mol. The summed E-state index contributed by atoms with van der Waals surface area (Å²) in [5.41, 5.74) is 5.27. The van der Waals surface area contributed by atoms with Gasteiger partial charge in [-0.15, -0.1) is 5.10 Å². The normalized spacial score (nSPS) is 9.80. The second kappa shape index (κ2) is 3.17. The molecule has 56 valence electrons. The zero-order chi connectivity index (χ0) is 7.40. The van der Waals surface area contributed by atoms with Crippen LogP contribution in [0.3, 0.4) is 0 Å². The van der Waals surface area contributed by atoms with Crippen LogP contribution in [0.4, 0.5) is 0 Å². The molecule has 0 aliphatic carbocycles. The summed E-state index contributed by atoms with van der Waals surface area (Å²) in [4.78, 5) is 3.90. The number of hydrogen-bond acceptors (Lipinski definition) is 4. The van der Waals surface area contributed by atoms with Crippen molar-refractivity contribution in [1.82, 2.24) is 15.2 Å². The molecule has 1 heterocycles. The molecule has 0 bridgehead atoms. The van der Waals surface area contributed by atoms with E-state index >= 15 is 0 Å². The van der Waals surface area contributed by atoms with E-state index < -0.39 is 0 Å². The molecule has 0 fully saturated rings. The summed E-state index contributed by atoms with van der Waals surface area (Å²) in [6.45, 7) is 2.81. The quantitative estimate of drug-likeness (QED) is 0.605. The third kappa shape index (κ3) is 1.44. The summed E-state index contributed by atoms with van der Waals surface area (Å²) in [6.07, 6.45) is 0. The molecule has 0 spiro atoms. The SMILES string of the molecule is CCOc1n[nH]c(CN)n1. The number of nitrogens with one attached hydrogen (secondary N) is 1. The van der Waals surface area contributed by atoms with Crippen LogP contribution in [0.15, 0.2) is 0 Å². The molecule has 0 aliphatic rings. The van der Waals surface area contributed by atoms with Gasteiger partial charge < -0.3 is 10.5 Å². The molecule has 0 atom stereocenters. The topological polar surface area (TPSA) is 76.8 Å². The lowest BCUT2D eigenvalue weighted by atomic mass is 10.6. The van der Waals surface area contributed by atoms with Crippen LogP contribution in [-0.4, -0.2) is 21.8 Å². The van der Waals surface area contributed by atoms with Gasteiger partial charge in [-0.05, 0) is 6.92 Å². The van der Waals surface area contributed by atoms with Crippen molar-refractivity contribution in [2.75, 3.05) is 6.61 Å². The first-order valence-electron chi connectivity index (χ1n) is 3.11. The van der Waals surface area contributed by atoms with E-state index in [4.69, 9.17) is 10.5 Å². The van der Waals surface area contributed by atoms with Crippen molar-refractivity contribution >= 4 is 0 Å². The van der Waals surface area contributed by atoms with E-state index in [1.54, 1.807) is 0 Å². The van der Waals surface area contributed by atoms with Gasteiger partial charge >= 0.3 is 6.01 Å². The Morgan fingerprint density at radius 2 is 2.50 bits per heavy atom. The predicted octanol–water partition coefficient (Wildman–Crippen LogP) is -0.338. The molecule has 5 nitrogen and oxygen atoms in total. The van der Waals surface area contributed by atoms with Crippen molar-refractivity contribution in [3.63, 3.8) is 0 Å². The van der Waals surface area contributed by atoms with E-state index in [9.17, 15) is 0 Å². The molecule has 1 aromatic heterocycles. The zero-order valence-corrected chi connectivity index (χ0v) is 5.79. The monoisotopic (exact) mass is 142 g/mol. The molecule has 3 N–H and O–H groups in total. The Balaban J connectivity index is 2.59. The molecule has 0 aliphatic heterocycles. The highest BCUT2D eigenvalue weighted by Crippen LogP contribution is 1.99. The van der Waals surface area contributed by atoms with Gasteiger partial charge in [-0.25, -0.2) is 0 Å². The van der Waals surface area contributed by atoms with Crippen LogP contribution in [0.2, 0.25) is 0 Å². The van der Waals surface area contributed by atoms with Gasteiger partial charge in [0.05, 0.1) is 13.2 Å².